The van der Waals surface area contributed by atoms with Gasteiger partial charge in [-0.25, -0.2) is 4.79 Å². The van der Waals surface area contributed by atoms with Gasteiger partial charge in [-0.1, -0.05) is 0 Å². The molecule has 2 aromatic rings. The number of ether oxygens (including phenoxy) is 1. The Morgan fingerprint density at radius 3 is 2.25 bits per heavy atom. The molecule has 0 spiro atoms. The average molecular weight is 381 g/mol. The zero-order valence-electron chi connectivity index (χ0n) is 15.7. The average Bonchev–Trinajstić information content (AvgIpc) is 3.26. The number of carbonyl (C=O) groups is 2. The molecule has 0 saturated carbocycles. The van der Waals surface area contributed by atoms with Crippen LogP contribution in [0, 0.1) is 0 Å². The minimum atomic E-state index is -0.962. The molecule has 0 aromatic heterocycles. The first-order valence-corrected chi connectivity index (χ1v) is 9.17. The molecule has 0 atom stereocenters. The third-order valence-corrected chi connectivity index (χ3v) is 4.58. The molecule has 1 heterocycles. The Hall–Kier alpha value is -3.35. The third kappa shape index (κ3) is 5.09. The molecule has 2 N–H and O–H groups in total. The number of likely N-dealkylation sites (tertiary alicyclic amines) is 1. The molecule has 2 aromatic carbocycles. The summed E-state index contributed by atoms with van der Waals surface area (Å²) >= 11 is 0. The third-order valence-electron chi connectivity index (χ3n) is 4.58. The van der Waals surface area contributed by atoms with E-state index in [9.17, 15) is 9.59 Å². The van der Waals surface area contributed by atoms with E-state index >= 15 is 0 Å². The van der Waals surface area contributed by atoms with Gasteiger partial charge in [0.05, 0.1) is 17.0 Å². The van der Waals surface area contributed by atoms with Crippen molar-refractivity contribution in [3.63, 3.8) is 0 Å². The lowest BCUT2D eigenvalue weighted by Gasteiger charge is -2.15. The van der Waals surface area contributed by atoms with Gasteiger partial charge in [-0.3, -0.25) is 10.2 Å². The molecule has 1 fully saturated rings. The summed E-state index contributed by atoms with van der Waals surface area (Å²) in [5, 5.41) is 13.2. The van der Waals surface area contributed by atoms with Gasteiger partial charge in [0.15, 0.2) is 6.61 Å². The molecule has 28 heavy (non-hydrogen) atoms. The van der Waals surface area contributed by atoms with Gasteiger partial charge in [0.1, 0.15) is 5.75 Å². The first-order valence-electron chi connectivity index (χ1n) is 9.17. The van der Waals surface area contributed by atoms with Gasteiger partial charge in [-0.05, 0) is 73.9 Å². The Bertz CT molecular complexity index is 854. The minimum absolute atomic E-state index is 0.0254. The van der Waals surface area contributed by atoms with E-state index in [-0.39, 0.29) is 18.1 Å². The summed E-state index contributed by atoms with van der Waals surface area (Å²) in [6, 6.07) is 13.7. The largest absolute Gasteiger partial charge is 0.484 e. The zero-order valence-corrected chi connectivity index (χ0v) is 15.7. The lowest BCUT2D eigenvalue weighted by atomic mass is 10.1. The van der Waals surface area contributed by atoms with Crippen molar-refractivity contribution in [1.29, 1.82) is 0 Å². The highest BCUT2D eigenvalue weighted by atomic mass is 16.5. The number of carbonyl (C=O) groups excluding carboxylic acids is 1. The Balaban J connectivity index is 1.53. The molecule has 1 amide bonds. The predicted molar refractivity (Wildman–Crippen MR) is 107 cm³/mol. The first-order chi connectivity index (χ1) is 13.5. The second kappa shape index (κ2) is 9.03. The van der Waals surface area contributed by atoms with Gasteiger partial charge in [0.25, 0.3) is 5.91 Å². The van der Waals surface area contributed by atoms with Crippen LogP contribution < -0.4 is 10.2 Å². The van der Waals surface area contributed by atoms with Gasteiger partial charge >= 0.3 is 5.97 Å². The molecular formula is C21H23N3O4. The Morgan fingerprint density at radius 1 is 1.04 bits per heavy atom. The maximum Gasteiger partial charge on any atom is 0.335 e. The van der Waals surface area contributed by atoms with E-state index in [1.165, 1.54) is 12.1 Å². The monoisotopic (exact) mass is 381 g/mol. The fraction of sp³-hybridized carbons (Fsp3) is 0.286. The van der Waals surface area contributed by atoms with E-state index in [4.69, 9.17) is 9.84 Å². The molecular weight excluding hydrogens is 358 g/mol. The van der Waals surface area contributed by atoms with Crippen molar-refractivity contribution < 1.29 is 19.4 Å². The number of hydrogen-bond donors (Lipinski definition) is 2. The topological polar surface area (TPSA) is 91.2 Å². The van der Waals surface area contributed by atoms with Crippen molar-refractivity contribution in [2.24, 2.45) is 5.10 Å². The van der Waals surface area contributed by atoms with Crippen molar-refractivity contribution in [3.05, 3.63) is 59.7 Å². The molecule has 1 aliphatic rings. The predicted octanol–water partition coefficient (Wildman–Crippen LogP) is 3.22. The van der Waals surface area contributed by atoms with Crippen LogP contribution in [0.2, 0.25) is 0 Å². The molecule has 0 unspecified atom stereocenters. The Kier molecular flexibility index (Phi) is 6.26. The number of rotatable bonds is 7. The number of benzene rings is 2. The summed E-state index contributed by atoms with van der Waals surface area (Å²) in [4.78, 5) is 24.7. The van der Waals surface area contributed by atoms with E-state index in [0.717, 1.165) is 37.2 Å². The van der Waals surface area contributed by atoms with Crippen LogP contribution in [0.15, 0.2) is 53.6 Å². The van der Waals surface area contributed by atoms with E-state index in [1.807, 2.05) is 36.1 Å². The lowest BCUT2D eigenvalue weighted by molar-refractivity contribution is -0.132. The number of anilines is 1. The number of aromatic carboxylic acids is 1. The molecule has 3 rings (SSSR count). The summed E-state index contributed by atoms with van der Waals surface area (Å²) in [5.41, 5.74) is 5.51. The SMILES string of the molecule is CC(=NNc1ccc(C(=O)O)cc1)c1ccc(OCC(=O)N2CCCC2)cc1. The second-order valence-corrected chi connectivity index (χ2v) is 6.59. The van der Waals surface area contributed by atoms with Crippen LogP contribution in [0.4, 0.5) is 5.69 Å². The van der Waals surface area contributed by atoms with Gasteiger partial charge in [0.2, 0.25) is 0 Å². The summed E-state index contributed by atoms with van der Waals surface area (Å²) in [6.07, 6.45) is 2.13. The highest BCUT2D eigenvalue weighted by Crippen LogP contribution is 2.15. The van der Waals surface area contributed by atoms with Crippen LogP contribution in [0.5, 0.6) is 5.75 Å². The molecule has 0 radical (unpaired) electrons. The summed E-state index contributed by atoms with van der Waals surface area (Å²) in [6.45, 7) is 3.57. The standard InChI is InChI=1S/C21H23N3O4/c1-15(22-23-18-8-4-17(5-9-18)21(26)27)16-6-10-19(11-7-16)28-14-20(25)24-12-2-3-13-24/h4-11,23H,2-3,12-14H2,1H3,(H,26,27). The van der Waals surface area contributed by atoms with Crippen LogP contribution in [-0.4, -0.2) is 47.3 Å². The fourth-order valence-electron chi connectivity index (χ4n) is 2.90. The maximum atomic E-state index is 12.0. The first kappa shape index (κ1) is 19.4. The second-order valence-electron chi connectivity index (χ2n) is 6.59. The molecule has 1 saturated heterocycles. The number of hydrogen-bond acceptors (Lipinski definition) is 5. The van der Waals surface area contributed by atoms with Crippen molar-refractivity contribution >= 4 is 23.3 Å². The number of amides is 1. The van der Waals surface area contributed by atoms with E-state index in [2.05, 4.69) is 10.5 Å². The normalized spacial score (nSPS) is 14.0. The van der Waals surface area contributed by atoms with Gasteiger partial charge in [-0.15, -0.1) is 0 Å². The number of nitrogens with one attached hydrogen (secondary N) is 1. The molecule has 0 aliphatic carbocycles. The highest BCUT2D eigenvalue weighted by molar-refractivity contribution is 5.99. The highest BCUT2D eigenvalue weighted by Gasteiger charge is 2.18. The van der Waals surface area contributed by atoms with Crippen molar-refractivity contribution in [2.45, 2.75) is 19.8 Å². The number of carboxylic acids is 1. The van der Waals surface area contributed by atoms with Crippen molar-refractivity contribution in [2.75, 3.05) is 25.1 Å². The molecule has 1 aliphatic heterocycles. The molecule has 0 bridgehead atoms. The summed E-state index contributed by atoms with van der Waals surface area (Å²) < 4.78 is 5.58. The van der Waals surface area contributed by atoms with Gasteiger partial charge < -0.3 is 14.7 Å². The summed E-state index contributed by atoms with van der Waals surface area (Å²) in [5.74, 6) is -0.297. The smallest absolute Gasteiger partial charge is 0.335 e. The van der Waals surface area contributed by atoms with E-state index in [1.54, 1.807) is 12.1 Å². The Labute approximate surface area is 163 Å². The maximum absolute atomic E-state index is 12.0. The number of carboxylic acid groups (broad SMARTS) is 1. The number of nitrogens with zero attached hydrogens (tertiary/aromatic N) is 2. The zero-order chi connectivity index (χ0) is 19.9. The molecule has 7 heteroatoms. The summed E-state index contributed by atoms with van der Waals surface area (Å²) in [7, 11) is 0. The van der Waals surface area contributed by atoms with Crippen molar-refractivity contribution in [1.82, 2.24) is 4.90 Å². The van der Waals surface area contributed by atoms with E-state index < -0.39 is 5.97 Å². The molecule has 146 valence electrons. The van der Waals surface area contributed by atoms with Crippen LogP contribution in [0.25, 0.3) is 0 Å². The fourth-order valence-corrected chi connectivity index (χ4v) is 2.90. The molecule has 7 nitrogen and oxygen atoms in total. The van der Waals surface area contributed by atoms with Crippen LogP contribution >= 0.6 is 0 Å². The quantitative estimate of drug-likeness (QED) is 0.568. The van der Waals surface area contributed by atoms with Crippen LogP contribution in [-0.2, 0) is 4.79 Å². The Morgan fingerprint density at radius 2 is 1.64 bits per heavy atom. The van der Waals surface area contributed by atoms with Gasteiger partial charge in [0, 0.05) is 13.1 Å². The van der Waals surface area contributed by atoms with Crippen LogP contribution in [0.3, 0.4) is 0 Å². The number of hydrazone groups is 1. The van der Waals surface area contributed by atoms with E-state index in [0.29, 0.717) is 11.4 Å². The lowest BCUT2D eigenvalue weighted by Crippen LogP contribution is -2.32. The van der Waals surface area contributed by atoms with Crippen LogP contribution in [0.1, 0.15) is 35.7 Å². The van der Waals surface area contributed by atoms with Crippen molar-refractivity contribution in [3.8, 4) is 5.75 Å². The van der Waals surface area contributed by atoms with Gasteiger partial charge in [-0.2, -0.15) is 5.10 Å². The minimum Gasteiger partial charge on any atom is -0.484 e.